The molecule has 0 saturated carbocycles. The number of ether oxygens (including phenoxy) is 1. The zero-order chi connectivity index (χ0) is 39.7. The molecule has 6 aromatic rings. The van der Waals surface area contributed by atoms with Crippen LogP contribution in [0.25, 0.3) is 22.0 Å². The van der Waals surface area contributed by atoms with Gasteiger partial charge in [0.25, 0.3) is 5.91 Å². The summed E-state index contributed by atoms with van der Waals surface area (Å²) in [4.78, 5) is 76.0. The van der Waals surface area contributed by atoms with Crippen LogP contribution in [0.1, 0.15) is 28.3 Å². The lowest BCUT2D eigenvalue weighted by Gasteiger charge is -2.26. The number of benzene rings is 4. The molecule has 6 N–H and O–H groups in total. The maximum Gasteiger partial charge on any atom is 0.326 e. The number of nitrogens with zero attached hydrogens (tertiary/aromatic N) is 1. The number of hydrogen-bond donors (Lipinski definition) is 6. The first-order valence-corrected chi connectivity index (χ1v) is 18.4. The van der Waals surface area contributed by atoms with Crippen molar-refractivity contribution in [3.63, 3.8) is 0 Å². The highest BCUT2D eigenvalue weighted by Gasteiger charge is 2.33. The molecule has 4 aromatic carbocycles. The van der Waals surface area contributed by atoms with Crippen LogP contribution >= 0.6 is 0 Å². The molecule has 13 heteroatoms. The van der Waals surface area contributed by atoms with Crippen LogP contribution in [0.2, 0.25) is 0 Å². The summed E-state index contributed by atoms with van der Waals surface area (Å²) in [6, 6.07) is 29.0. The monoisotopic (exact) mass is 764 g/mol. The van der Waals surface area contributed by atoms with Gasteiger partial charge >= 0.3 is 5.97 Å². The van der Waals surface area contributed by atoms with Crippen LogP contribution in [0.3, 0.4) is 0 Å². The van der Waals surface area contributed by atoms with E-state index in [1.54, 1.807) is 67.1 Å². The van der Waals surface area contributed by atoms with Crippen LogP contribution < -0.4 is 26.0 Å². The number of carbonyl (C=O) groups is 5. The third-order valence-electron chi connectivity index (χ3n) is 9.82. The molecule has 2 bridgehead atoms. The largest absolute Gasteiger partial charge is 0.484 e. The number of aromatic nitrogens is 2. The SMILES string of the molecule is O=C1COc2ccc(cc2)C[C@@H](C(=O)O)NC(=O)[C@H](Cc2c[nH]c3ccccc23)NC(=O)C(c2ccc(-c3ccccc3)cc2)NC(=O)[C@H](Cc2ccncc2)N1. The quantitative estimate of drug-likeness (QED) is 0.131. The summed E-state index contributed by atoms with van der Waals surface area (Å²) in [5, 5.41) is 22.1. The highest BCUT2D eigenvalue weighted by atomic mass is 16.5. The summed E-state index contributed by atoms with van der Waals surface area (Å²) in [5.41, 5.74) is 5.03. The van der Waals surface area contributed by atoms with Gasteiger partial charge in [-0.1, -0.05) is 84.9 Å². The predicted octanol–water partition coefficient (Wildman–Crippen LogP) is 4.05. The van der Waals surface area contributed by atoms with Crippen LogP contribution in [-0.2, 0) is 43.2 Å². The summed E-state index contributed by atoms with van der Waals surface area (Å²) < 4.78 is 5.70. The molecule has 57 heavy (non-hydrogen) atoms. The lowest BCUT2D eigenvalue weighted by atomic mass is 9.98. The molecule has 2 aromatic heterocycles. The fourth-order valence-electron chi connectivity index (χ4n) is 6.81. The average molecular weight is 765 g/mol. The van der Waals surface area contributed by atoms with Gasteiger partial charge in [-0.25, -0.2) is 4.79 Å². The molecule has 2 aliphatic rings. The number of carbonyl (C=O) groups excluding carboxylic acids is 4. The van der Waals surface area contributed by atoms with E-state index in [-0.39, 0.29) is 19.3 Å². The predicted molar refractivity (Wildman–Crippen MR) is 212 cm³/mol. The van der Waals surface area contributed by atoms with Crippen LogP contribution in [0.4, 0.5) is 0 Å². The molecule has 4 atom stereocenters. The van der Waals surface area contributed by atoms with Gasteiger partial charge in [-0.3, -0.25) is 24.2 Å². The molecular formula is C44H40N6O7. The summed E-state index contributed by atoms with van der Waals surface area (Å²) in [5.74, 6) is -3.64. The number of para-hydroxylation sites is 1. The van der Waals surface area contributed by atoms with Gasteiger partial charge in [-0.2, -0.15) is 0 Å². The number of hydrogen-bond acceptors (Lipinski definition) is 7. The van der Waals surface area contributed by atoms with Gasteiger partial charge in [0.2, 0.25) is 17.7 Å². The van der Waals surface area contributed by atoms with E-state index < -0.39 is 60.4 Å². The number of aliphatic carboxylic acids is 1. The van der Waals surface area contributed by atoms with E-state index in [0.29, 0.717) is 28.0 Å². The van der Waals surface area contributed by atoms with E-state index in [1.165, 1.54) is 0 Å². The molecule has 0 aliphatic carbocycles. The van der Waals surface area contributed by atoms with Gasteiger partial charge in [0.1, 0.15) is 29.9 Å². The van der Waals surface area contributed by atoms with Gasteiger partial charge in [0, 0.05) is 48.8 Å². The second kappa shape index (κ2) is 17.5. The summed E-state index contributed by atoms with van der Waals surface area (Å²) >= 11 is 0. The van der Waals surface area contributed by atoms with Crippen molar-refractivity contribution in [2.24, 2.45) is 0 Å². The van der Waals surface area contributed by atoms with Crippen LogP contribution in [0, 0.1) is 0 Å². The third kappa shape index (κ3) is 9.51. The zero-order valence-corrected chi connectivity index (χ0v) is 30.7. The lowest BCUT2D eigenvalue weighted by Crippen LogP contribution is -2.56. The van der Waals surface area contributed by atoms with Crippen molar-refractivity contribution < 1.29 is 33.8 Å². The van der Waals surface area contributed by atoms with E-state index in [9.17, 15) is 29.1 Å². The molecule has 8 rings (SSSR count). The Kier molecular flexibility index (Phi) is 11.6. The minimum absolute atomic E-state index is 0.00566. The highest BCUT2D eigenvalue weighted by Crippen LogP contribution is 2.24. The molecule has 288 valence electrons. The number of fused-ring (bicyclic) bond motifs is 17. The van der Waals surface area contributed by atoms with E-state index in [4.69, 9.17) is 4.74 Å². The Bertz CT molecular complexity index is 2370. The number of carboxylic acids is 1. The van der Waals surface area contributed by atoms with Gasteiger partial charge < -0.3 is 36.1 Å². The molecular weight excluding hydrogens is 725 g/mol. The van der Waals surface area contributed by atoms with Crippen molar-refractivity contribution in [2.45, 2.75) is 43.4 Å². The molecule has 0 fully saturated rings. The minimum atomic E-state index is -1.35. The summed E-state index contributed by atoms with van der Waals surface area (Å²) in [6.45, 7) is -0.423. The fraction of sp³-hybridized carbons (Fsp3) is 0.182. The minimum Gasteiger partial charge on any atom is -0.484 e. The van der Waals surface area contributed by atoms with Crippen molar-refractivity contribution in [2.75, 3.05) is 6.61 Å². The fourth-order valence-corrected chi connectivity index (χ4v) is 6.81. The van der Waals surface area contributed by atoms with Crippen LogP contribution in [0.15, 0.2) is 134 Å². The number of H-pyrrole nitrogens is 1. The first kappa shape index (κ1) is 38.0. The Hall–Kier alpha value is -7.28. The average Bonchev–Trinajstić information content (AvgIpc) is 3.64. The zero-order valence-electron chi connectivity index (χ0n) is 30.7. The Morgan fingerprint density at radius 2 is 1.35 bits per heavy atom. The van der Waals surface area contributed by atoms with Crippen molar-refractivity contribution in [3.8, 4) is 16.9 Å². The number of aromatic amines is 1. The third-order valence-corrected chi connectivity index (χ3v) is 9.82. The van der Waals surface area contributed by atoms with Crippen molar-refractivity contribution in [3.05, 3.63) is 156 Å². The van der Waals surface area contributed by atoms with Gasteiger partial charge in [-0.05, 0) is 63.7 Å². The maximum absolute atomic E-state index is 14.6. The molecule has 13 nitrogen and oxygen atoms in total. The van der Waals surface area contributed by atoms with Crippen LogP contribution in [-0.4, -0.2) is 69.4 Å². The Morgan fingerprint density at radius 1 is 0.684 bits per heavy atom. The van der Waals surface area contributed by atoms with Gasteiger partial charge in [0.15, 0.2) is 6.61 Å². The Labute approximate surface area is 327 Å². The molecule has 0 spiro atoms. The smallest absolute Gasteiger partial charge is 0.326 e. The molecule has 4 amide bonds. The highest BCUT2D eigenvalue weighted by molar-refractivity contribution is 5.96. The number of pyridine rings is 1. The normalized spacial score (nSPS) is 19.5. The Morgan fingerprint density at radius 3 is 2.09 bits per heavy atom. The molecule has 0 radical (unpaired) electrons. The number of amides is 4. The van der Waals surface area contributed by atoms with E-state index in [0.717, 1.165) is 22.0 Å². The first-order valence-electron chi connectivity index (χ1n) is 18.4. The number of nitrogens with one attached hydrogen (secondary N) is 5. The van der Waals surface area contributed by atoms with Crippen molar-refractivity contribution in [1.82, 2.24) is 31.2 Å². The molecule has 4 heterocycles. The van der Waals surface area contributed by atoms with Gasteiger partial charge in [0.05, 0.1) is 0 Å². The van der Waals surface area contributed by atoms with E-state index in [2.05, 4.69) is 31.2 Å². The lowest BCUT2D eigenvalue weighted by molar-refractivity contribution is -0.142. The van der Waals surface area contributed by atoms with Crippen molar-refractivity contribution in [1.29, 1.82) is 0 Å². The van der Waals surface area contributed by atoms with E-state index in [1.807, 2.05) is 66.7 Å². The summed E-state index contributed by atoms with van der Waals surface area (Å²) in [6.07, 6.45) is 4.88. The van der Waals surface area contributed by atoms with E-state index >= 15 is 0 Å². The van der Waals surface area contributed by atoms with Crippen molar-refractivity contribution >= 4 is 40.5 Å². The summed E-state index contributed by atoms with van der Waals surface area (Å²) in [7, 11) is 0. The maximum atomic E-state index is 14.6. The first-order chi connectivity index (χ1) is 27.7. The molecule has 1 unspecified atom stereocenters. The van der Waals surface area contributed by atoms with Crippen LogP contribution in [0.5, 0.6) is 5.75 Å². The standard InChI is InChI=1S/C44H40N6O7/c51-39-26-57-33-16-10-27(11-17-33)23-38(44(55)56)49-41(52)37(24-32-25-46-35-9-5-4-8-34(32)35)48-43(54)40(31-14-12-30(13-15-31)29-6-2-1-3-7-29)50-42(53)36(47-39)22-28-18-20-45-21-19-28/h1-21,25,36-38,40,46H,22-24,26H2,(H,47,51)(H,48,54)(H,49,52)(H,50,53)(H,55,56)/t36-,37-,38-,40?/m0/s1. The topological polar surface area (TPSA) is 192 Å². The second-order valence-electron chi connectivity index (χ2n) is 13.8. The molecule has 2 aliphatic heterocycles. The Balaban J connectivity index is 1.27. The van der Waals surface area contributed by atoms with Gasteiger partial charge in [-0.15, -0.1) is 0 Å². The molecule has 0 saturated heterocycles. The number of carboxylic acid groups (broad SMARTS) is 1. The number of rotatable bonds is 7. The second-order valence-corrected chi connectivity index (χ2v) is 13.8.